The van der Waals surface area contributed by atoms with Crippen LogP contribution in [0.2, 0.25) is 0 Å². The number of hydrogen-bond donors (Lipinski definition) is 1. The normalized spacial score (nSPS) is 18.0. The fourth-order valence-electron chi connectivity index (χ4n) is 3.20. The van der Waals surface area contributed by atoms with Gasteiger partial charge in [0.05, 0.1) is 12.5 Å². The summed E-state index contributed by atoms with van der Waals surface area (Å²) in [5.41, 5.74) is 1.22. The Balaban J connectivity index is 1.63. The lowest BCUT2D eigenvalue weighted by molar-refractivity contribution is -0.141. The number of aliphatic carboxylic acids is 1. The van der Waals surface area contributed by atoms with Crippen LogP contribution in [0, 0.1) is 5.92 Å². The highest BCUT2D eigenvalue weighted by atomic mass is 16.5. The van der Waals surface area contributed by atoms with Crippen LogP contribution in [0.1, 0.15) is 57.4 Å². The fourth-order valence-corrected chi connectivity index (χ4v) is 3.20. The van der Waals surface area contributed by atoms with Crippen molar-refractivity contribution in [3.8, 4) is 5.75 Å². The van der Waals surface area contributed by atoms with Gasteiger partial charge >= 0.3 is 5.97 Å². The zero-order valence-electron chi connectivity index (χ0n) is 14.9. The average molecular weight is 333 g/mol. The van der Waals surface area contributed by atoms with Gasteiger partial charge < -0.3 is 9.84 Å². The van der Waals surface area contributed by atoms with Gasteiger partial charge in [0.1, 0.15) is 5.75 Å². The molecule has 1 heterocycles. The minimum absolute atomic E-state index is 0.204. The molecule has 0 spiro atoms. The zero-order valence-corrected chi connectivity index (χ0v) is 14.9. The summed E-state index contributed by atoms with van der Waals surface area (Å²) in [4.78, 5) is 13.2. The summed E-state index contributed by atoms with van der Waals surface area (Å²) in [6.45, 7) is 5.37. The van der Waals surface area contributed by atoms with Crippen LogP contribution in [0.4, 0.5) is 0 Å². The first kappa shape index (κ1) is 18.8. The number of likely N-dealkylation sites (tertiary alicyclic amines) is 1. The van der Waals surface area contributed by atoms with Gasteiger partial charge in [0.25, 0.3) is 0 Å². The van der Waals surface area contributed by atoms with Gasteiger partial charge in [0, 0.05) is 13.1 Å². The van der Waals surface area contributed by atoms with E-state index in [9.17, 15) is 4.79 Å². The lowest BCUT2D eigenvalue weighted by Crippen LogP contribution is -2.22. The molecule has 1 fully saturated rings. The van der Waals surface area contributed by atoms with Crippen LogP contribution in [0.25, 0.3) is 0 Å². The Morgan fingerprint density at radius 3 is 2.54 bits per heavy atom. The third kappa shape index (κ3) is 6.52. The van der Waals surface area contributed by atoms with E-state index in [1.807, 2.05) is 12.1 Å². The van der Waals surface area contributed by atoms with Crippen LogP contribution in [0.15, 0.2) is 24.3 Å². The molecule has 1 N–H and O–H groups in total. The third-order valence-corrected chi connectivity index (χ3v) is 4.72. The second-order valence-electron chi connectivity index (χ2n) is 6.82. The van der Waals surface area contributed by atoms with Gasteiger partial charge in [-0.3, -0.25) is 9.69 Å². The molecule has 1 aromatic rings. The van der Waals surface area contributed by atoms with Gasteiger partial charge in [-0.1, -0.05) is 51.2 Å². The first-order chi connectivity index (χ1) is 11.7. The van der Waals surface area contributed by atoms with Crippen molar-refractivity contribution in [3.63, 3.8) is 0 Å². The van der Waals surface area contributed by atoms with Crippen molar-refractivity contribution in [1.29, 1.82) is 0 Å². The van der Waals surface area contributed by atoms with Crippen molar-refractivity contribution < 1.29 is 14.6 Å². The van der Waals surface area contributed by atoms with Crippen LogP contribution in [0.3, 0.4) is 0 Å². The number of ether oxygens (including phenoxy) is 1. The molecule has 134 valence electrons. The molecule has 1 saturated heterocycles. The monoisotopic (exact) mass is 333 g/mol. The Kier molecular flexibility index (Phi) is 8.10. The molecule has 4 nitrogen and oxygen atoms in total. The molecule has 1 aliphatic heterocycles. The molecule has 1 aliphatic rings. The predicted octanol–water partition coefficient (Wildman–Crippen LogP) is 4.33. The van der Waals surface area contributed by atoms with Gasteiger partial charge in [-0.05, 0) is 37.1 Å². The molecule has 1 atom stereocenters. The molecule has 0 amide bonds. The van der Waals surface area contributed by atoms with Crippen LogP contribution in [0.5, 0.6) is 5.75 Å². The number of unbranched alkanes of at least 4 members (excludes halogenated alkanes) is 5. The first-order valence-electron chi connectivity index (χ1n) is 9.36. The SMILES string of the molecule is CCCCCCCCOc1ccc(CN2CCC(C(=O)O)C2)cc1. The van der Waals surface area contributed by atoms with Crippen LogP contribution >= 0.6 is 0 Å². The van der Waals surface area contributed by atoms with E-state index < -0.39 is 5.97 Å². The molecule has 0 saturated carbocycles. The minimum Gasteiger partial charge on any atom is -0.494 e. The van der Waals surface area contributed by atoms with Crippen LogP contribution in [-0.4, -0.2) is 35.7 Å². The highest BCUT2D eigenvalue weighted by Crippen LogP contribution is 2.20. The van der Waals surface area contributed by atoms with E-state index in [0.29, 0.717) is 6.54 Å². The van der Waals surface area contributed by atoms with E-state index >= 15 is 0 Å². The lowest BCUT2D eigenvalue weighted by atomic mass is 10.1. The van der Waals surface area contributed by atoms with Crippen molar-refractivity contribution in [1.82, 2.24) is 4.90 Å². The number of carboxylic acids is 1. The Bertz CT molecular complexity index is 486. The fraction of sp³-hybridized carbons (Fsp3) is 0.650. The second kappa shape index (κ2) is 10.3. The molecule has 24 heavy (non-hydrogen) atoms. The van der Waals surface area contributed by atoms with E-state index in [-0.39, 0.29) is 5.92 Å². The number of carbonyl (C=O) groups is 1. The maximum Gasteiger partial charge on any atom is 0.307 e. The molecule has 0 aliphatic carbocycles. The van der Waals surface area contributed by atoms with Crippen molar-refractivity contribution >= 4 is 5.97 Å². The number of rotatable bonds is 11. The first-order valence-corrected chi connectivity index (χ1v) is 9.36. The van der Waals surface area contributed by atoms with Gasteiger partial charge in [-0.15, -0.1) is 0 Å². The molecule has 4 heteroatoms. The number of nitrogens with zero attached hydrogens (tertiary/aromatic N) is 1. The number of hydrogen-bond acceptors (Lipinski definition) is 3. The van der Waals surface area contributed by atoms with Crippen molar-refractivity contribution in [3.05, 3.63) is 29.8 Å². The van der Waals surface area contributed by atoms with Gasteiger partial charge in [0.15, 0.2) is 0 Å². The molecule has 0 bridgehead atoms. The summed E-state index contributed by atoms with van der Waals surface area (Å²) in [7, 11) is 0. The van der Waals surface area contributed by atoms with Gasteiger partial charge in [0.2, 0.25) is 0 Å². The summed E-state index contributed by atoms with van der Waals surface area (Å²) in [6.07, 6.45) is 8.40. The summed E-state index contributed by atoms with van der Waals surface area (Å²) in [6, 6.07) is 8.23. The molecule has 1 unspecified atom stereocenters. The van der Waals surface area contributed by atoms with Crippen molar-refractivity contribution in [2.24, 2.45) is 5.92 Å². The Labute approximate surface area is 145 Å². The third-order valence-electron chi connectivity index (χ3n) is 4.72. The maximum atomic E-state index is 11.0. The molecular weight excluding hydrogens is 302 g/mol. The zero-order chi connectivity index (χ0) is 17.2. The van der Waals surface area contributed by atoms with E-state index in [4.69, 9.17) is 9.84 Å². The van der Waals surface area contributed by atoms with Crippen LogP contribution < -0.4 is 4.74 Å². The van der Waals surface area contributed by atoms with Gasteiger partial charge in [-0.2, -0.15) is 0 Å². The molecule has 0 radical (unpaired) electrons. The molecular formula is C20H31NO3. The topological polar surface area (TPSA) is 49.8 Å². The van der Waals surface area contributed by atoms with Crippen molar-refractivity contribution in [2.75, 3.05) is 19.7 Å². The summed E-state index contributed by atoms with van der Waals surface area (Å²) in [5, 5.41) is 9.05. The van der Waals surface area contributed by atoms with E-state index in [1.54, 1.807) is 0 Å². The number of benzene rings is 1. The molecule has 1 aromatic carbocycles. The smallest absolute Gasteiger partial charge is 0.307 e. The summed E-state index contributed by atoms with van der Waals surface area (Å²) in [5.74, 6) is 0.0537. The van der Waals surface area contributed by atoms with Crippen LogP contribution in [-0.2, 0) is 11.3 Å². The Morgan fingerprint density at radius 2 is 1.88 bits per heavy atom. The largest absolute Gasteiger partial charge is 0.494 e. The van der Waals surface area contributed by atoms with E-state index in [0.717, 1.165) is 38.3 Å². The number of carboxylic acid groups (broad SMARTS) is 1. The Hall–Kier alpha value is -1.55. The molecule has 0 aromatic heterocycles. The molecule has 2 rings (SSSR count). The van der Waals surface area contributed by atoms with Crippen molar-refractivity contribution in [2.45, 2.75) is 58.4 Å². The summed E-state index contributed by atoms with van der Waals surface area (Å²) < 4.78 is 5.79. The average Bonchev–Trinajstić information content (AvgIpc) is 3.04. The Morgan fingerprint density at radius 1 is 1.17 bits per heavy atom. The summed E-state index contributed by atoms with van der Waals surface area (Å²) >= 11 is 0. The second-order valence-corrected chi connectivity index (χ2v) is 6.82. The predicted molar refractivity (Wildman–Crippen MR) is 96.3 cm³/mol. The lowest BCUT2D eigenvalue weighted by Gasteiger charge is -2.15. The quantitative estimate of drug-likeness (QED) is 0.612. The van der Waals surface area contributed by atoms with E-state index in [2.05, 4.69) is 24.0 Å². The maximum absolute atomic E-state index is 11.0. The minimum atomic E-state index is -0.670. The van der Waals surface area contributed by atoms with Gasteiger partial charge in [-0.25, -0.2) is 0 Å². The highest BCUT2D eigenvalue weighted by Gasteiger charge is 2.27. The highest BCUT2D eigenvalue weighted by molar-refractivity contribution is 5.70. The van der Waals surface area contributed by atoms with E-state index in [1.165, 1.54) is 37.7 Å². The standard InChI is InChI=1S/C20H31NO3/c1-2-3-4-5-6-7-14-24-19-10-8-17(9-11-19)15-21-13-12-18(16-21)20(22)23/h8-11,18H,2-7,12-16H2,1H3,(H,22,23).